The highest BCUT2D eigenvalue weighted by Gasteiger charge is 2.26. The largest absolute Gasteiger partial charge is 0.396 e. The first-order chi connectivity index (χ1) is 8.91. The van der Waals surface area contributed by atoms with Gasteiger partial charge < -0.3 is 20.4 Å². The molecule has 6 heteroatoms. The third-order valence-electron chi connectivity index (χ3n) is 2.84. The molecule has 0 spiro atoms. The molecule has 0 aliphatic heterocycles. The van der Waals surface area contributed by atoms with Gasteiger partial charge in [0.15, 0.2) is 0 Å². The van der Waals surface area contributed by atoms with Crippen LogP contribution in [0.2, 0.25) is 5.02 Å². The van der Waals surface area contributed by atoms with E-state index in [1.54, 1.807) is 38.2 Å². The number of halogens is 1. The van der Waals surface area contributed by atoms with Gasteiger partial charge in [0, 0.05) is 19.0 Å². The Morgan fingerprint density at radius 3 is 2.47 bits per heavy atom. The molecule has 19 heavy (non-hydrogen) atoms. The molecule has 0 fully saturated rings. The molecule has 0 heterocycles. The summed E-state index contributed by atoms with van der Waals surface area (Å²) in [5.74, 6) is 0. The number of benzene rings is 1. The van der Waals surface area contributed by atoms with Gasteiger partial charge >= 0.3 is 6.03 Å². The van der Waals surface area contributed by atoms with Crippen LogP contribution in [0.3, 0.4) is 0 Å². The summed E-state index contributed by atoms with van der Waals surface area (Å²) in [4.78, 5) is 13.4. The average Bonchev–Trinajstić information content (AvgIpc) is 2.41. The van der Waals surface area contributed by atoms with Gasteiger partial charge in [-0.05, 0) is 12.1 Å². The molecule has 1 aromatic rings. The summed E-state index contributed by atoms with van der Waals surface area (Å²) in [7, 11) is 1.59. The van der Waals surface area contributed by atoms with E-state index in [0.717, 1.165) is 0 Å². The van der Waals surface area contributed by atoms with Crippen LogP contribution >= 0.6 is 11.6 Å². The number of carbonyl (C=O) groups is 1. The molecular weight excluding hydrogens is 268 g/mol. The Kier molecular flexibility index (Phi) is 5.60. The SMILES string of the molecule is CN(CC(C)(CO)CO)C(=O)Nc1ccccc1Cl. The minimum Gasteiger partial charge on any atom is -0.396 e. The number of rotatable bonds is 5. The summed E-state index contributed by atoms with van der Waals surface area (Å²) in [6.07, 6.45) is 0. The number of nitrogens with one attached hydrogen (secondary N) is 1. The van der Waals surface area contributed by atoms with Gasteiger partial charge in [0.1, 0.15) is 0 Å². The fourth-order valence-electron chi connectivity index (χ4n) is 1.57. The van der Waals surface area contributed by atoms with Gasteiger partial charge in [-0.15, -0.1) is 0 Å². The number of aliphatic hydroxyl groups excluding tert-OH is 2. The van der Waals surface area contributed by atoms with E-state index in [4.69, 9.17) is 11.6 Å². The lowest BCUT2D eigenvalue weighted by Crippen LogP contribution is -2.43. The van der Waals surface area contributed by atoms with Crippen LogP contribution in [0.5, 0.6) is 0 Å². The van der Waals surface area contributed by atoms with Crippen LogP contribution in [0.1, 0.15) is 6.92 Å². The van der Waals surface area contributed by atoms with Crippen molar-refractivity contribution in [1.29, 1.82) is 0 Å². The first-order valence-corrected chi connectivity index (χ1v) is 6.28. The normalized spacial score (nSPS) is 11.2. The van der Waals surface area contributed by atoms with Crippen LogP contribution in [0.4, 0.5) is 10.5 Å². The van der Waals surface area contributed by atoms with Gasteiger partial charge in [0.2, 0.25) is 0 Å². The van der Waals surface area contributed by atoms with E-state index in [1.165, 1.54) is 4.90 Å². The maximum atomic E-state index is 12.0. The first kappa shape index (κ1) is 15.8. The number of hydrogen-bond donors (Lipinski definition) is 3. The topological polar surface area (TPSA) is 72.8 Å². The fraction of sp³-hybridized carbons (Fsp3) is 0.462. The second-order valence-corrected chi connectivity index (χ2v) is 5.30. The molecule has 5 nitrogen and oxygen atoms in total. The van der Waals surface area contributed by atoms with Crippen molar-refractivity contribution in [1.82, 2.24) is 4.90 Å². The molecule has 0 radical (unpaired) electrons. The van der Waals surface area contributed by atoms with Crippen LogP contribution < -0.4 is 5.32 Å². The molecule has 0 saturated heterocycles. The molecule has 0 bridgehead atoms. The predicted octanol–water partition coefficient (Wildman–Crippen LogP) is 1.79. The maximum Gasteiger partial charge on any atom is 0.321 e. The molecule has 0 aliphatic carbocycles. The van der Waals surface area contributed by atoms with Crippen molar-refractivity contribution in [3.05, 3.63) is 29.3 Å². The van der Waals surface area contributed by atoms with E-state index in [0.29, 0.717) is 10.7 Å². The van der Waals surface area contributed by atoms with Crippen LogP contribution in [-0.4, -0.2) is 48.0 Å². The third-order valence-corrected chi connectivity index (χ3v) is 3.17. The van der Waals surface area contributed by atoms with E-state index >= 15 is 0 Å². The molecule has 1 rings (SSSR count). The van der Waals surface area contributed by atoms with E-state index in [-0.39, 0.29) is 25.8 Å². The lowest BCUT2D eigenvalue weighted by molar-refractivity contribution is 0.0509. The van der Waals surface area contributed by atoms with Gasteiger partial charge in [-0.3, -0.25) is 0 Å². The molecule has 2 amide bonds. The van der Waals surface area contributed by atoms with Gasteiger partial charge in [-0.1, -0.05) is 30.7 Å². The third kappa shape index (κ3) is 4.38. The quantitative estimate of drug-likeness (QED) is 0.773. The van der Waals surface area contributed by atoms with E-state index in [2.05, 4.69) is 5.32 Å². The van der Waals surface area contributed by atoms with Gasteiger partial charge in [0.25, 0.3) is 0 Å². The van der Waals surface area contributed by atoms with E-state index in [9.17, 15) is 15.0 Å². The zero-order valence-electron chi connectivity index (χ0n) is 11.1. The zero-order valence-corrected chi connectivity index (χ0v) is 11.8. The fourth-order valence-corrected chi connectivity index (χ4v) is 1.75. The second-order valence-electron chi connectivity index (χ2n) is 4.89. The smallest absolute Gasteiger partial charge is 0.321 e. The van der Waals surface area contributed by atoms with Crippen molar-refractivity contribution in [3.8, 4) is 0 Å². The number of aliphatic hydroxyl groups is 2. The van der Waals surface area contributed by atoms with Crippen molar-refractivity contribution in [3.63, 3.8) is 0 Å². The van der Waals surface area contributed by atoms with Crippen molar-refractivity contribution < 1.29 is 15.0 Å². The Hall–Kier alpha value is -1.30. The van der Waals surface area contributed by atoms with Crippen molar-refractivity contribution in [2.45, 2.75) is 6.92 Å². The van der Waals surface area contributed by atoms with Crippen LogP contribution in [-0.2, 0) is 0 Å². The highest BCUT2D eigenvalue weighted by atomic mass is 35.5. The predicted molar refractivity (Wildman–Crippen MR) is 75.4 cm³/mol. The summed E-state index contributed by atoms with van der Waals surface area (Å²) in [6, 6.07) is 6.58. The number of amides is 2. The molecule has 1 aromatic carbocycles. The molecule has 106 valence electrons. The van der Waals surface area contributed by atoms with Gasteiger partial charge in [-0.2, -0.15) is 0 Å². The van der Waals surface area contributed by atoms with Crippen molar-refractivity contribution >= 4 is 23.3 Å². The minimum absolute atomic E-state index is 0.201. The first-order valence-electron chi connectivity index (χ1n) is 5.90. The number of carbonyl (C=O) groups excluding carboxylic acids is 1. The lowest BCUT2D eigenvalue weighted by Gasteiger charge is -2.30. The van der Waals surface area contributed by atoms with E-state index in [1.807, 2.05) is 0 Å². The lowest BCUT2D eigenvalue weighted by atomic mass is 9.92. The Balaban J connectivity index is 2.66. The summed E-state index contributed by atoms with van der Waals surface area (Å²) in [5.41, 5.74) is -0.206. The number of hydrogen-bond acceptors (Lipinski definition) is 3. The Labute approximate surface area is 117 Å². The minimum atomic E-state index is -0.730. The summed E-state index contributed by atoms with van der Waals surface area (Å²) < 4.78 is 0. The molecule has 0 aromatic heterocycles. The summed E-state index contributed by atoms with van der Waals surface area (Å²) in [6.45, 7) is 1.53. The van der Waals surface area contributed by atoms with E-state index < -0.39 is 5.41 Å². The van der Waals surface area contributed by atoms with Gasteiger partial charge in [0.05, 0.1) is 23.9 Å². The molecule has 0 unspecified atom stereocenters. The van der Waals surface area contributed by atoms with Crippen LogP contribution in [0.15, 0.2) is 24.3 Å². The monoisotopic (exact) mass is 286 g/mol. The molecule has 0 atom stereocenters. The summed E-state index contributed by atoms with van der Waals surface area (Å²) in [5, 5.41) is 21.5. The Bertz CT molecular complexity index is 436. The standard InChI is InChI=1S/C13H19ClN2O3/c1-13(8-17,9-18)7-16(2)12(19)15-11-6-4-3-5-10(11)14/h3-6,17-18H,7-9H2,1-2H3,(H,15,19). The number of urea groups is 1. The van der Waals surface area contributed by atoms with Crippen LogP contribution in [0.25, 0.3) is 0 Å². The second kappa shape index (κ2) is 6.75. The number of anilines is 1. The number of para-hydroxylation sites is 1. The molecule has 3 N–H and O–H groups in total. The van der Waals surface area contributed by atoms with Crippen molar-refractivity contribution in [2.24, 2.45) is 5.41 Å². The maximum absolute atomic E-state index is 12.0. The Morgan fingerprint density at radius 2 is 1.95 bits per heavy atom. The van der Waals surface area contributed by atoms with Crippen LogP contribution in [0, 0.1) is 5.41 Å². The molecule has 0 aliphatic rings. The van der Waals surface area contributed by atoms with Gasteiger partial charge in [-0.25, -0.2) is 4.79 Å². The number of nitrogens with zero attached hydrogens (tertiary/aromatic N) is 1. The molecule has 0 saturated carbocycles. The summed E-state index contributed by atoms with van der Waals surface area (Å²) >= 11 is 5.95. The Morgan fingerprint density at radius 1 is 1.37 bits per heavy atom. The highest BCUT2D eigenvalue weighted by Crippen LogP contribution is 2.21. The average molecular weight is 287 g/mol. The zero-order chi connectivity index (χ0) is 14.5. The molecular formula is C13H19ClN2O3. The highest BCUT2D eigenvalue weighted by molar-refractivity contribution is 6.33. The van der Waals surface area contributed by atoms with Crippen molar-refractivity contribution in [2.75, 3.05) is 32.1 Å².